The van der Waals surface area contributed by atoms with Crippen molar-refractivity contribution >= 4 is 33.3 Å². The Balaban J connectivity index is 2.05. The van der Waals surface area contributed by atoms with Crippen LogP contribution < -0.4 is 4.74 Å². The van der Waals surface area contributed by atoms with Gasteiger partial charge in [0.25, 0.3) is 0 Å². The van der Waals surface area contributed by atoms with E-state index < -0.39 is 0 Å². The van der Waals surface area contributed by atoms with Gasteiger partial charge in [-0.3, -0.25) is 0 Å². The van der Waals surface area contributed by atoms with Gasteiger partial charge in [-0.2, -0.15) is 0 Å². The van der Waals surface area contributed by atoms with E-state index >= 15 is 0 Å². The first-order chi connectivity index (χ1) is 10.7. The minimum atomic E-state index is 0.637. The Labute approximate surface area is 138 Å². The zero-order valence-corrected chi connectivity index (χ0v) is 14.5. The molecule has 0 aliphatic heterocycles. The lowest BCUT2D eigenvalue weighted by Gasteiger charge is -2.07. The highest BCUT2D eigenvalue weighted by Crippen LogP contribution is 2.38. The summed E-state index contributed by atoms with van der Waals surface area (Å²) in [5, 5.41) is 4.41. The second-order valence-corrected chi connectivity index (χ2v) is 7.31. The first-order valence-corrected chi connectivity index (χ1v) is 9.05. The molecule has 0 amide bonds. The van der Waals surface area contributed by atoms with Crippen molar-refractivity contribution in [3.63, 3.8) is 0 Å². The lowest BCUT2D eigenvalue weighted by Crippen LogP contribution is -1.93. The number of rotatable bonds is 5. The normalized spacial score (nSPS) is 11.3. The molecule has 0 unspecified atom stereocenters. The topological polar surface area (TPSA) is 35.0 Å². The smallest absolute Gasteiger partial charge is 0.128 e. The molecule has 2 heterocycles. The lowest BCUT2D eigenvalue weighted by atomic mass is 10.1. The summed E-state index contributed by atoms with van der Waals surface area (Å²) in [5.41, 5.74) is 2.38. The molecule has 0 fully saturated rings. The Morgan fingerprint density at radius 3 is 2.64 bits per heavy atom. The molecular weight excluding hydrogens is 312 g/mol. The Morgan fingerprint density at radius 2 is 1.95 bits per heavy atom. The highest BCUT2D eigenvalue weighted by molar-refractivity contribution is 7.99. The van der Waals surface area contributed by atoms with E-state index in [4.69, 9.17) is 4.74 Å². The van der Waals surface area contributed by atoms with Crippen molar-refractivity contribution in [2.45, 2.75) is 18.9 Å². The van der Waals surface area contributed by atoms with Gasteiger partial charge in [-0.1, -0.05) is 26.0 Å². The molecule has 0 saturated carbocycles. The van der Waals surface area contributed by atoms with Gasteiger partial charge in [-0.05, 0) is 23.6 Å². The molecule has 0 atom stereocenters. The molecule has 0 N–H and O–H groups in total. The van der Waals surface area contributed by atoms with Crippen LogP contribution in [0.4, 0.5) is 0 Å². The molecule has 3 nitrogen and oxygen atoms in total. The number of thiophene rings is 1. The molecule has 22 heavy (non-hydrogen) atoms. The fourth-order valence-corrected chi connectivity index (χ4v) is 4.13. The third kappa shape index (κ3) is 3.10. The van der Waals surface area contributed by atoms with E-state index in [0.717, 1.165) is 21.4 Å². The van der Waals surface area contributed by atoms with Crippen LogP contribution in [0.3, 0.4) is 0 Å². The van der Waals surface area contributed by atoms with E-state index in [9.17, 15) is 0 Å². The van der Waals surface area contributed by atoms with Crippen LogP contribution in [0.5, 0.6) is 5.75 Å². The Bertz CT molecular complexity index is 766. The molecule has 114 valence electrons. The molecule has 5 heteroatoms. The monoisotopic (exact) mass is 330 g/mol. The van der Waals surface area contributed by atoms with Gasteiger partial charge < -0.3 is 4.74 Å². The molecule has 0 bridgehead atoms. The number of nitrogens with zero attached hydrogens (tertiary/aromatic N) is 2. The molecule has 1 aromatic carbocycles. The molecule has 3 aromatic rings. The van der Waals surface area contributed by atoms with Crippen molar-refractivity contribution < 1.29 is 4.74 Å². The summed E-state index contributed by atoms with van der Waals surface area (Å²) in [5.74, 6) is 2.57. The van der Waals surface area contributed by atoms with Crippen molar-refractivity contribution in [2.24, 2.45) is 5.92 Å². The number of thioether (sulfide) groups is 1. The van der Waals surface area contributed by atoms with Crippen LogP contribution in [0.1, 0.15) is 13.8 Å². The zero-order chi connectivity index (χ0) is 15.5. The second-order valence-electron chi connectivity index (χ2n) is 5.44. The number of hydrogen-bond acceptors (Lipinski definition) is 5. The number of methoxy groups -OCH3 is 1. The molecule has 0 aliphatic rings. The number of hydrogen-bond donors (Lipinski definition) is 0. The summed E-state index contributed by atoms with van der Waals surface area (Å²) in [7, 11) is 1.68. The predicted molar refractivity (Wildman–Crippen MR) is 95.0 cm³/mol. The fraction of sp³-hybridized carbons (Fsp3) is 0.294. The van der Waals surface area contributed by atoms with E-state index in [0.29, 0.717) is 5.92 Å². The zero-order valence-electron chi connectivity index (χ0n) is 12.9. The summed E-state index contributed by atoms with van der Waals surface area (Å²) in [6, 6.07) is 8.15. The quantitative estimate of drug-likeness (QED) is 0.481. The lowest BCUT2D eigenvalue weighted by molar-refractivity contribution is 0.415. The molecule has 0 saturated heterocycles. The molecule has 0 aliphatic carbocycles. The van der Waals surface area contributed by atoms with Crippen LogP contribution in [-0.4, -0.2) is 22.8 Å². The van der Waals surface area contributed by atoms with E-state index in [-0.39, 0.29) is 0 Å². The van der Waals surface area contributed by atoms with Crippen LogP contribution >= 0.6 is 23.1 Å². The molecule has 2 aromatic heterocycles. The van der Waals surface area contributed by atoms with Crippen molar-refractivity contribution in [2.75, 3.05) is 12.9 Å². The minimum absolute atomic E-state index is 0.637. The van der Waals surface area contributed by atoms with Gasteiger partial charge in [0.1, 0.15) is 21.9 Å². The van der Waals surface area contributed by atoms with Gasteiger partial charge in [0, 0.05) is 16.7 Å². The van der Waals surface area contributed by atoms with Gasteiger partial charge in [0.05, 0.1) is 12.5 Å². The standard InChI is InChI=1S/C17H18N2OS2/c1-11(2)8-21-16-15-14(9-22-17(15)19-10-18-16)12-4-6-13(20-3)7-5-12/h4-7,9-11H,8H2,1-3H3. The predicted octanol–water partition coefficient (Wildman–Crippen LogP) is 5.12. The van der Waals surface area contributed by atoms with Crippen LogP contribution in [0.25, 0.3) is 21.3 Å². The molecule has 3 rings (SSSR count). The number of aromatic nitrogens is 2. The number of fused-ring (bicyclic) bond motifs is 1. The van der Waals surface area contributed by atoms with Crippen molar-refractivity contribution in [1.82, 2.24) is 9.97 Å². The largest absolute Gasteiger partial charge is 0.497 e. The van der Waals surface area contributed by atoms with Crippen molar-refractivity contribution in [3.05, 3.63) is 36.0 Å². The Morgan fingerprint density at radius 1 is 1.18 bits per heavy atom. The highest BCUT2D eigenvalue weighted by Gasteiger charge is 2.13. The van der Waals surface area contributed by atoms with E-state index in [1.165, 1.54) is 16.5 Å². The van der Waals surface area contributed by atoms with E-state index in [1.54, 1.807) is 24.8 Å². The Hall–Kier alpha value is -1.59. The van der Waals surface area contributed by atoms with Gasteiger partial charge in [0.2, 0.25) is 0 Å². The maximum atomic E-state index is 5.24. The number of benzene rings is 1. The van der Waals surface area contributed by atoms with Crippen molar-refractivity contribution in [3.8, 4) is 16.9 Å². The number of ether oxygens (including phenoxy) is 1. The van der Waals surface area contributed by atoms with E-state index in [1.807, 2.05) is 23.9 Å². The molecular formula is C17H18N2OS2. The first-order valence-electron chi connectivity index (χ1n) is 7.18. The SMILES string of the molecule is COc1ccc(-c2csc3ncnc(SCC(C)C)c23)cc1. The summed E-state index contributed by atoms with van der Waals surface area (Å²) in [6.45, 7) is 4.45. The average molecular weight is 330 g/mol. The Kier molecular flexibility index (Phi) is 4.64. The van der Waals surface area contributed by atoms with Gasteiger partial charge >= 0.3 is 0 Å². The van der Waals surface area contributed by atoms with Crippen LogP contribution in [0, 0.1) is 5.92 Å². The molecule has 0 spiro atoms. The summed E-state index contributed by atoms with van der Waals surface area (Å²) < 4.78 is 5.24. The summed E-state index contributed by atoms with van der Waals surface area (Å²) >= 11 is 3.48. The maximum absolute atomic E-state index is 5.24. The maximum Gasteiger partial charge on any atom is 0.128 e. The van der Waals surface area contributed by atoms with Crippen molar-refractivity contribution in [1.29, 1.82) is 0 Å². The van der Waals surface area contributed by atoms with E-state index in [2.05, 4.69) is 41.3 Å². The van der Waals surface area contributed by atoms with Gasteiger partial charge in [-0.15, -0.1) is 23.1 Å². The van der Waals surface area contributed by atoms with Crippen LogP contribution in [0.15, 0.2) is 41.0 Å². The minimum Gasteiger partial charge on any atom is -0.497 e. The third-order valence-electron chi connectivity index (χ3n) is 3.29. The highest BCUT2D eigenvalue weighted by atomic mass is 32.2. The average Bonchev–Trinajstić information content (AvgIpc) is 2.97. The van der Waals surface area contributed by atoms with Crippen LogP contribution in [0.2, 0.25) is 0 Å². The summed E-state index contributed by atoms with van der Waals surface area (Å²) in [4.78, 5) is 9.97. The van der Waals surface area contributed by atoms with Crippen LogP contribution in [-0.2, 0) is 0 Å². The molecule has 0 radical (unpaired) electrons. The third-order valence-corrected chi connectivity index (χ3v) is 5.59. The van der Waals surface area contributed by atoms with Gasteiger partial charge in [0.15, 0.2) is 0 Å². The second kappa shape index (κ2) is 6.67. The van der Waals surface area contributed by atoms with Gasteiger partial charge in [-0.25, -0.2) is 9.97 Å². The fourth-order valence-electron chi connectivity index (χ4n) is 2.19. The summed E-state index contributed by atoms with van der Waals surface area (Å²) in [6.07, 6.45) is 1.67. The first kappa shape index (κ1) is 15.3.